The zero-order chi connectivity index (χ0) is 14.5. The monoisotopic (exact) mass is 272 g/mol. The fourth-order valence-corrected chi connectivity index (χ4v) is 1.59. The van der Waals surface area contributed by atoms with Gasteiger partial charge >= 0.3 is 0 Å². The van der Waals surface area contributed by atoms with E-state index in [2.05, 4.69) is 15.3 Å². The summed E-state index contributed by atoms with van der Waals surface area (Å²) in [7, 11) is 1.39. The maximum atomic E-state index is 11.1. The Hall–Kier alpha value is -2.89. The lowest BCUT2D eigenvalue weighted by molar-refractivity contribution is -0.497. The van der Waals surface area contributed by atoms with Gasteiger partial charge < -0.3 is 26.5 Å². The van der Waals surface area contributed by atoms with Crippen molar-refractivity contribution >= 4 is 23.1 Å². The van der Waals surface area contributed by atoms with E-state index in [1.807, 2.05) is 6.07 Å². The highest BCUT2D eigenvalue weighted by molar-refractivity contribution is 5.69. The Kier molecular flexibility index (Phi) is 3.95. The third-order valence-electron chi connectivity index (χ3n) is 2.52. The minimum Gasteiger partial charge on any atom is -0.630 e. The molecule has 102 valence electrons. The molecular formula is C12H12N6O2. The molecule has 8 heteroatoms. The second-order valence-corrected chi connectivity index (χ2v) is 3.79. The van der Waals surface area contributed by atoms with Gasteiger partial charge in [0.05, 0.1) is 18.7 Å². The minimum absolute atomic E-state index is 0.0106. The highest BCUT2D eigenvalue weighted by atomic mass is 16.5. The number of ether oxygens (including phenoxy) is 1. The number of nitrogens with two attached hydrogens (primary N) is 2. The molecular weight excluding hydrogens is 260 g/mol. The first-order valence-electron chi connectivity index (χ1n) is 5.61. The van der Waals surface area contributed by atoms with E-state index >= 15 is 0 Å². The van der Waals surface area contributed by atoms with Crippen LogP contribution in [0.25, 0.3) is 0 Å². The fraction of sp³-hybridized carbons (Fsp3) is 0.0833. The Labute approximate surface area is 114 Å². The molecule has 0 spiro atoms. The van der Waals surface area contributed by atoms with Crippen LogP contribution in [0, 0.1) is 16.5 Å². The van der Waals surface area contributed by atoms with Crippen LogP contribution in [-0.4, -0.2) is 17.1 Å². The molecule has 1 aromatic carbocycles. The van der Waals surface area contributed by atoms with Gasteiger partial charge in [-0.25, -0.2) is 0 Å². The van der Waals surface area contributed by atoms with Crippen LogP contribution >= 0.6 is 0 Å². The largest absolute Gasteiger partial charge is 0.630 e. The van der Waals surface area contributed by atoms with E-state index in [0.717, 1.165) is 0 Å². The van der Waals surface area contributed by atoms with E-state index in [9.17, 15) is 5.21 Å². The van der Waals surface area contributed by atoms with Crippen LogP contribution < -0.4 is 21.3 Å². The summed E-state index contributed by atoms with van der Waals surface area (Å²) >= 11 is 0. The first-order chi connectivity index (χ1) is 9.67. The number of nitriles is 1. The summed E-state index contributed by atoms with van der Waals surface area (Å²) in [6.07, 6.45) is 0. The molecule has 1 heterocycles. The highest BCUT2D eigenvalue weighted by Crippen LogP contribution is 2.28. The van der Waals surface area contributed by atoms with Crippen LogP contribution in [0.5, 0.6) is 5.88 Å². The predicted molar refractivity (Wildman–Crippen MR) is 72.4 cm³/mol. The van der Waals surface area contributed by atoms with Gasteiger partial charge in [-0.15, -0.1) is 0 Å². The molecule has 0 aliphatic carbocycles. The van der Waals surface area contributed by atoms with Crippen molar-refractivity contribution in [2.45, 2.75) is 0 Å². The molecule has 0 fully saturated rings. The summed E-state index contributed by atoms with van der Waals surface area (Å²) in [5.41, 5.74) is 7.51. The lowest BCUT2D eigenvalue weighted by atomic mass is 10.2. The van der Waals surface area contributed by atoms with Crippen molar-refractivity contribution in [3.8, 4) is 11.9 Å². The zero-order valence-corrected chi connectivity index (χ0v) is 10.6. The van der Waals surface area contributed by atoms with Gasteiger partial charge in [-0.1, -0.05) is 0 Å². The van der Waals surface area contributed by atoms with Crippen LogP contribution in [0.15, 0.2) is 24.3 Å². The van der Waals surface area contributed by atoms with Gasteiger partial charge in [0.2, 0.25) is 17.5 Å². The van der Waals surface area contributed by atoms with Crippen LogP contribution in [0.3, 0.4) is 0 Å². The normalized spacial score (nSPS) is 9.85. The van der Waals surface area contributed by atoms with E-state index in [0.29, 0.717) is 16.7 Å². The molecule has 2 rings (SSSR count). The van der Waals surface area contributed by atoms with Gasteiger partial charge in [0.1, 0.15) is 0 Å². The molecule has 0 saturated carbocycles. The van der Waals surface area contributed by atoms with Gasteiger partial charge in [0.15, 0.2) is 0 Å². The molecule has 0 aliphatic rings. The Morgan fingerprint density at radius 2 is 2.05 bits per heavy atom. The van der Waals surface area contributed by atoms with Crippen molar-refractivity contribution in [1.82, 2.24) is 9.97 Å². The molecule has 20 heavy (non-hydrogen) atoms. The Morgan fingerprint density at radius 3 is 2.60 bits per heavy atom. The smallest absolute Gasteiger partial charge is 0.284 e. The summed E-state index contributed by atoms with van der Waals surface area (Å²) in [6, 6.07) is 8.69. The summed E-state index contributed by atoms with van der Waals surface area (Å²) in [4.78, 5) is 7.79. The summed E-state index contributed by atoms with van der Waals surface area (Å²) in [5, 5.41) is 22.8. The number of rotatable bonds is 4. The van der Waals surface area contributed by atoms with E-state index in [4.69, 9.17) is 15.7 Å². The van der Waals surface area contributed by atoms with Crippen LogP contribution in [-0.2, 0) is 0 Å². The second kappa shape index (κ2) is 5.83. The SMILES string of the molecule is COc1nc(N)nc(Nc2ccc(C#N)cc2)c1[NH2+][O-]. The van der Waals surface area contributed by atoms with Crippen molar-refractivity contribution in [3.63, 3.8) is 0 Å². The number of benzene rings is 1. The van der Waals surface area contributed by atoms with Gasteiger partial charge in [0.25, 0.3) is 5.88 Å². The number of hydrogen-bond acceptors (Lipinski definition) is 7. The molecule has 0 saturated heterocycles. The number of nitrogens with zero attached hydrogens (tertiary/aromatic N) is 3. The van der Waals surface area contributed by atoms with Crippen LogP contribution in [0.2, 0.25) is 0 Å². The average molecular weight is 272 g/mol. The number of anilines is 3. The molecule has 0 aliphatic heterocycles. The lowest BCUT2D eigenvalue weighted by Crippen LogP contribution is -2.70. The first kappa shape index (κ1) is 13.5. The number of nitrogens with one attached hydrogen (secondary N) is 1. The number of quaternary nitrogens is 1. The van der Waals surface area contributed by atoms with Gasteiger partial charge in [-0.2, -0.15) is 15.2 Å². The summed E-state index contributed by atoms with van der Waals surface area (Å²) < 4.78 is 4.99. The van der Waals surface area contributed by atoms with Crippen molar-refractivity contribution in [1.29, 1.82) is 5.26 Å². The molecule has 0 radical (unpaired) electrons. The molecule has 0 amide bonds. The van der Waals surface area contributed by atoms with Crippen molar-refractivity contribution < 1.29 is 10.2 Å². The number of aromatic nitrogens is 2. The highest BCUT2D eigenvalue weighted by Gasteiger charge is 2.16. The van der Waals surface area contributed by atoms with E-state index < -0.39 is 0 Å². The second-order valence-electron chi connectivity index (χ2n) is 3.79. The van der Waals surface area contributed by atoms with E-state index in [1.165, 1.54) is 7.11 Å². The molecule has 0 unspecified atom stereocenters. The Balaban J connectivity index is 2.36. The average Bonchev–Trinajstić information content (AvgIpc) is 2.47. The van der Waals surface area contributed by atoms with Crippen LogP contribution in [0.1, 0.15) is 5.56 Å². The third-order valence-corrected chi connectivity index (χ3v) is 2.52. The van der Waals surface area contributed by atoms with E-state index in [1.54, 1.807) is 24.3 Å². The maximum absolute atomic E-state index is 11.1. The Morgan fingerprint density at radius 1 is 1.35 bits per heavy atom. The van der Waals surface area contributed by atoms with Crippen molar-refractivity contribution in [2.75, 3.05) is 18.2 Å². The number of methoxy groups -OCH3 is 1. The molecule has 8 nitrogen and oxygen atoms in total. The first-order valence-corrected chi connectivity index (χ1v) is 5.61. The molecule has 5 N–H and O–H groups in total. The molecule has 2 aromatic rings. The molecule has 0 bridgehead atoms. The van der Waals surface area contributed by atoms with Crippen molar-refractivity contribution in [3.05, 3.63) is 35.0 Å². The summed E-state index contributed by atoms with van der Waals surface area (Å²) in [5.74, 6) is 0.335. The van der Waals surface area contributed by atoms with E-state index in [-0.39, 0.29) is 23.3 Å². The lowest BCUT2D eigenvalue weighted by Gasteiger charge is -2.13. The fourth-order valence-electron chi connectivity index (χ4n) is 1.59. The topological polar surface area (TPSA) is 137 Å². The van der Waals surface area contributed by atoms with Crippen molar-refractivity contribution in [2.24, 2.45) is 0 Å². The molecule has 1 aromatic heterocycles. The number of hydrogen-bond donors (Lipinski definition) is 3. The quantitative estimate of drug-likeness (QED) is 0.684. The van der Waals surface area contributed by atoms with Gasteiger partial charge in [-0.05, 0) is 24.3 Å². The Bertz CT molecular complexity index is 650. The summed E-state index contributed by atoms with van der Waals surface area (Å²) in [6.45, 7) is 0. The third kappa shape index (κ3) is 2.74. The van der Waals surface area contributed by atoms with Gasteiger partial charge in [0, 0.05) is 5.69 Å². The maximum Gasteiger partial charge on any atom is 0.284 e. The number of nitrogen functional groups attached to an aromatic ring is 1. The van der Waals surface area contributed by atoms with Crippen LogP contribution in [0.4, 0.5) is 23.1 Å². The molecule has 0 atom stereocenters. The van der Waals surface area contributed by atoms with Gasteiger partial charge in [-0.3, -0.25) is 0 Å². The zero-order valence-electron chi connectivity index (χ0n) is 10.6. The predicted octanol–water partition coefficient (Wildman–Crippen LogP) is 0.375. The minimum atomic E-state index is -0.0106. The standard InChI is InChI=1S/C12H12N6O2/c1-20-11-9(18-19)10(16-12(14)17-11)15-8-4-2-7(6-13)3-5-8/h2-5H,18H2,1H3,(H3,14,15,16,17).